The number of aliphatic hydroxyl groups excluding tert-OH is 3. The van der Waals surface area contributed by atoms with Crippen LogP contribution in [0.3, 0.4) is 0 Å². The summed E-state index contributed by atoms with van der Waals surface area (Å²) in [6.07, 6.45) is -0.554. The summed E-state index contributed by atoms with van der Waals surface area (Å²) in [5, 5.41) is 28.3. The van der Waals surface area contributed by atoms with E-state index in [0.29, 0.717) is 13.0 Å². The van der Waals surface area contributed by atoms with Gasteiger partial charge in [-0.3, -0.25) is 0 Å². The number of rotatable bonds is 9. The van der Waals surface area contributed by atoms with Gasteiger partial charge < -0.3 is 20.1 Å². The summed E-state index contributed by atoms with van der Waals surface area (Å²) in [4.78, 5) is 0. The van der Waals surface area contributed by atoms with Gasteiger partial charge in [0.15, 0.2) is 0 Å². The van der Waals surface area contributed by atoms with Gasteiger partial charge in [-0.15, -0.1) is 0 Å². The number of hydrogen-bond acceptors (Lipinski definition) is 4. The van der Waals surface area contributed by atoms with E-state index in [1.165, 1.54) is 0 Å². The maximum absolute atomic E-state index is 10.0. The molecule has 114 valence electrons. The van der Waals surface area contributed by atoms with E-state index >= 15 is 0 Å². The van der Waals surface area contributed by atoms with Crippen LogP contribution >= 0.6 is 0 Å². The first-order chi connectivity index (χ1) is 9.60. The number of aliphatic hydroxyl groups is 3. The van der Waals surface area contributed by atoms with Crippen LogP contribution in [0.4, 0.5) is 0 Å². The van der Waals surface area contributed by atoms with E-state index in [9.17, 15) is 10.2 Å². The van der Waals surface area contributed by atoms with Crippen molar-refractivity contribution in [1.82, 2.24) is 0 Å². The lowest BCUT2D eigenvalue weighted by molar-refractivity contribution is -0.0777. The van der Waals surface area contributed by atoms with Crippen molar-refractivity contribution in [3.05, 3.63) is 35.9 Å². The summed E-state index contributed by atoms with van der Waals surface area (Å²) in [5.41, 5.74) is 1.06. The molecule has 0 fully saturated rings. The third kappa shape index (κ3) is 5.21. The van der Waals surface area contributed by atoms with Gasteiger partial charge in [0.25, 0.3) is 0 Å². The molecule has 0 saturated heterocycles. The van der Waals surface area contributed by atoms with Gasteiger partial charge in [0.1, 0.15) is 0 Å². The summed E-state index contributed by atoms with van der Waals surface area (Å²) in [6.45, 7) is 4.20. The molecule has 0 heterocycles. The summed E-state index contributed by atoms with van der Waals surface area (Å²) in [7, 11) is 0. The molecule has 4 nitrogen and oxygen atoms in total. The minimum atomic E-state index is -0.630. The Kier molecular flexibility index (Phi) is 7.77. The maximum Gasteiger partial charge on any atom is 0.0720 e. The average molecular weight is 282 g/mol. The molecule has 0 aliphatic rings. The number of ether oxygens (including phenoxy) is 1. The Morgan fingerprint density at radius 1 is 1.10 bits per heavy atom. The zero-order valence-corrected chi connectivity index (χ0v) is 12.3. The molecular formula is C16H26O4. The third-order valence-corrected chi connectivity index (χ3v) is 3.68. The highest BCUT2D eigenvalue weighted by Gasteiger charge is 2.29. The zero-order valence-electron chi connectivity index (χ0n) is 12.3. The first kappa shape index (κ1) is 17.1. The van der Waals surface area contributed by atoms with E-state index < -0.39 is 6.10 Å². The predicted molar refractivity (Wildman–Crippen MR) is 78.1 cm³/mol. The quantitative estimate of drug-likeness (QED) is 0.643. The second-order valence-electron chi connectivity index (χ2n) is 5.36. The van der Waals surface area contributed by atoms with Crippen LogP contribution in [0.1, 0.15) is 25.8 Å². The summed E-state index contributed by atoms with van der Waals surface area (Å²) >= 11 is 0. The van der Waals surface area contributed by atoms with Crippen molar-refractivity contribution < 1.29 is 20.1 Å². The van der Waals surface area contributed by atoms with E-state index in [-0.39, 0.29) is 31.2 Å². The highest BCUT2D eigenvalue weighted by molar-refractivity contribution is 5.13. The fourth-order valence-corrected chi connectivity index (χ4v) is 2.32. The van der Waals surface area contributed by atoms with Crippen molar-refractivity contribution >= 4 is 0 Å². The van der Waals surface area contributed by atoms with E-state index in [4.69, 9.17) is 9.84 Å². The first-order valence-electron chi connectivity index (χ1n) is 7.15. The van der Waals surface area contributed by atoms with E-state index in [2.05, 4.69) is 0 Å². The molecule has 3 N–H and O–H groups in total. The monoisotopic (exact) mass is 282 g/mol. The van der Waals surface area contributed by atoms with E-state index in [1.807, 2.05) is 44.2 Å². The smallest absolute Gasteiger partial charge is 0.0720 e. The molecule has 0 saturated carbocycles. The van der Waals surface area contributed by atoms with Gasteiger partial charge in [0.2, 0.25) is 0 Å². The van der Waals surface area contributed by atoms with Crippen molar-refractivity contribution in [2.24, 2.45) is 11.8 Å². The lowest BCUT2D eigenvalue weighted by atomic mass is 9.88. The molecule has 1 aromatic rings. The third-order valence-electron chi connectivity index (χ3n) is 3.68. The van der Waals surface area contributed by atoms with Gasteiger partial charge in [-0.25, -0.2) is 0 Å². The fourth-order valence-electron chi connectivity index (χ4n) is 2.32. The molecule has 0 amide bonds. The summed E-state index contributed by atoms with van der Waals surface area (Å²) in [5.74, 6) is -0.213. The molecule has 0 spiro atoms. The molecule has 1 aromatic carbocycles. The Labute approximate surface area is 121 Å². The Hall–Kier alpha value is -0.940. The second-order valence-corrected chi connectivity index (χ2v) is 5.36. The molecule has 0 radical (unpaired) electrons. The maximum atomic E-state index is 10.0. The van der Waals surface area contributed by atoms with Crippen LogP contribution in [0.25, 0.3) is 0 Å². The van der Waals surface area contributed by atoms with Gasteiger partial charge in [-0.2, -0.15) is 0 Å². The van der Waals surface area contributed by atoms with Crippen LogP contribution in [-0.4, -0.2) is 40.7 Å². The van der Waals surface area contributed by atoms with Crippen LogP contribution in [0.5, 0.6) is 0 Å². The molecule has 0 aliphatic heterocycles. The van der Waals surface area contributed by atoms with Crippen LogP contribution in [-0.2, 0) is 11.3 Å². The van der Waals surface area contributed by atoms with Gasteiger partial charge in [-0.1, -0.05) is 44.2 Å². The van der Waals surface area contributed by atoms with E-state index in [1.54, 1.807) is 0 Å². The lowest BCUT2D eigenvalue weighted by Crippen LogP contribution is -2.38. The molecule has 0 bridgehead atoms. The molecule has 0 unspecified atom stereocenters. The second kappa shape index (κ2) is 9.08. The lowest BCUT2D eigenvalue weighted by Gasteiger charge is -2.31. The van der Waals surface area contributed by atoms with Gasteiger partial charge in [-0.05, 0) is 12.0 Å². The van der Waals surface area contributed by atoms with Crippen LogP contribution < -0.4 is 0 Å². The first-order valence-corrected chi connectivity index (χ1v) is 7.15. The van der Waals surface area contributed by atoms with Crippen LogP contribution in [0.15, 0.2) is 30.3 Å². The number of benzene rings is 1. The topological polar surface area (TPSA) is 69.9 Å². The van der Waals surface area contributed by atoms with E-state index in [0.717, 1.165) is 5.56 Å². The van der Waals surface area contributed by atoms with Gasteiger partial charge in [0.05, 0.1) is 18.8 Å². The minimum absolute atomic E-state index is 0.00956. The molecule has 4 atom stereocenters. The Morgan fingerprint density at radius 2 is 1.75 bits per heavy atom. The molecule has 1 rings (SSSR count). The summed E-state index contributed by atoms with van der Waals surface area (Å²) in [6, 6.07) is 9.82. The molecular weight excluding hydrogens is 256 g/mol. The fraction of sp³-hybridized carbons (Fsp3) is 0.625. The largest absolute Gasteiger partial charge is 0.396 e. The van der Waals surface area contributed by atoms with Gasteiger partial charge >= 0.3 is 0 Å². The normalized spacial score (nSPS) is 17.4. The Balaban J connectivity index is 2.64. The Bertz CT molecular complexity index is 355. The highest BCUT2D eigenvalue weighted by atomic mass is 16.5. The average Bonchev–Trinajstić information content (AvgIpc) is 2.48. The molecule has 0 aromatic heterocycles. The molecule has 4 heteroatoms. The van der Waals surface area contributed by atoms with Crippen molar-refractivity contribution in [3.63, 3.8) is 0 Å². The minimum Gasteiger partial charge on any atom is -0.396 e. The molecule has 0 aliphatic carbocycles. The number of hydrogen-bond donors (Lipinski definition) is 3. The van der Waals surface area contributed by atoms with Crippen LogP contribution in [0.2, 0.25) is 0 Å². The summed E-state index contributed by atoms with van der Waals surface area (Å²) < 4.78 is 5.91. The SMILES string of the molecule is C[C@H]([C@H](OCc1ccccc1)[C@H](C)CO)[C@H](O)CCO. The Morgan fingerprint density at radius 3 is 2.30 bits per heavy atom. The zero-order chi connectivity index (χ0) is 15.0. The molecule has 20 heavy (non-hydrogen) atoms. The van der Waals surface area contributed by atoms with Crippen molar-refractivity contribution in [2.75, 3.05) is 13.2 Å². The van der Waals surface area contributed by atoms with Crippen molar-refractivity contribution in [2.45, 2.75) is 39.1 Å². The standard InChI is InChI=1S/C16H26O4/c1-12(10-18)16(13(2)15(19)8-9-17)20-11-14-6-4-3-5-7-14/h3-7,12-13,15-19H,8-11H2,1-2H3/t12-,13+,15-,16-/m1/s1. The van der Waals surface area contributed by atoms with Crippen LogP contribution in [0, 0.1) is 11.8 Å². The highest BCUT2D eigenvalue weighted by Crippen LogP contribution is 2.23. The predicted octanol–water partition coefficient (Wildman–Crippen LogP) is 1.58. The van der Waals surface area contributed by atoms with Gasteiger partial charge in [0, 0.05) is 25.0 Å². The van der Waals surface area contributed by atoms with Crippen molar-refractivity contribution in [1.29, 1.82) is 0 Å². The van der Waals surface area contributed by atoms with Crippen molar-refractivity contribution in [3.8, 4) is 0 Å².